The molecule has 0 unspecified atom stereocenters. The Morgan fingerprint density at radius 2 is 1.70 bits per heavy atom. The number of nitrogens with one attached hydrogen (secondary N) is 2. The maximum atomic E-state index is 12.7. The fourth-order valence-corrected chi connectivity index (χ4v) is 4.76. The number of aromatic hydroxyl groups is 1. The van der Waals surface area contributed by atoms with Crippen LogP contribution in [0.15, 0.2) is 41.3 Å². The minimum absolute atomic E-state index is 0.0690. The molecule has 0 saturated carbocycles. The molecule has 0 radical (unpaired) electrons. The van der Waals surface area contributed by atoms with Crippen LogP contribution in [0.4, 0.5) is 11.4 Å². The SMILES string of the molecule is Cc1ccc(C)c(NC(=S)Nc2cc(S(=O)(=O)N3CCCC3)ccc2O)c1. The topological polar surface area (TPSA) is 81.7 Å². The number of anilines is 2. The molecule has 1 fully saturated rings. The van der Waals surface area contributed by atoms with Crippen molar-refractivity contribution >= 4 is 38.7 Å². The zero-order valence-electron chi connectivity index (χ0n) is 15.3. The Morgan fingerprint density at radius 3 is 2.41 bits per heavy atom. The molecule has 1 aliphatic rings. The molecule has 3 rings (SSSR count). The predicted molar refractivity (Wildman–Crippen MR) is 112 cm³/mol. The zero-order valence-corrected chi connectivity index (χ0v) is 17.0. The van der Waals surface area contributed by atoms with Gasteiger partial charge in [0.15, 0.2) is 5.11 Å². The zero-order chi connectivity index (χ0) is 19.6. The minimum Gasteiger partial charge on any atom is -0.506 e. The minimum atomic E-state index is -3.57. The van der Waals surface area contributed by atoms with Gasteiger partial charge in [-0.05, 0) is 74.3 Å². The number of phenols is 1. The first kappa shape index (κ1) is 19.6. The van der Waals surface area contributed by atoms with Gasteiger partial charge in [-0.3, -0.25) is 0 Å². The Labute approximate surface area is 165 Å². The lowest BCUT2D eigenvalue weighted by molar-refractivity contribution is 0.473. The molecule has 1 saturated heterocycles. The van der Waals surface area contributed by atoms with Crippen molar-refractivity contribution in [1.29, 1.82) is 0 Å². The lowest BCUT2D eigenvalue weighted by atomic mass is 10.1. The number of nitrogens with zero attached hydrogens (tertiary/aromatic N) is 1. The van der Waals surface area contributed by atoms with E-state index in [1.165, 1.54) is 22.5 Å². The van der Waals surface area contributed by atoms with E-state index < -0.39 is 10.0 Å². The van der Waals surface area contributed by atoms with Gasteiger partial charge in [0.25, 0.3) is 0 Å². The number of sulfonamides is 1. The van der Waals surface area contributed by atoms with Crippen molar-refractivity contribution in [1.82, 2.24) is 4.31 Å². The van der Waals surface area contributed by atoms with Crippen LogP contribution in [0.1, 0.15) is 24.0 Å². The molecule has 6 nitrogen and oxygen atoms in total. The average Bonchev–Trinajstić information content (AvgIpc) is 3.15. The van der Waals surface area contributed by atoms with E-state index in [1.54, 1.807) is 0 Å². The highest BCUT2D eigenvalue weighted by Crippen LogP contribution is 2.29. The average molecular weight is 406 g/mol. The lowest BCUT2D eigenvalue weighted by Gasteiger charge is -2.18. The second kappa shape index (κ2) is 7.84. The van der Waals surface area contributed by atoms with E-state index in [0.29, 0.717) is 13.1 Å². The molecule has 27 heavy (non-hydrogen) atoms. The van der Waals surface area contributed by atoms with E-state index in [4.69, 9.17) is 12.2 Å². The summed E-state index contributed by atoms with van der Waals surface area (Å²) in [6.07, 6.45) is 1.73. The predicted octanol–water partition coefficient (Wildman–Crippen LogP) is 3.60. The first-order valence-corrected chi connectivity index (χ1v) is 10.6. The van der Waals surface area contributed by atoms with Gasteiger partial charge >= 0.3 is 0 Å². The van der Waals surface area contributed by atoms with Crippen molar-refractivity contribution in [2.45, 2.75) is 31.6 Å². The summed E-state index contributed by atoms with van der Waals surface area (Å²) in [6, 6.07) is 10.2. The van der Waals surface area contributed by atoms with Gasteiger partial charge in [0.2, 0.25) is 10.0 Å². The van der Waals surface area contributed by atoms with Crippen LogP contribution in [0.25, 0.3) is 0 Å². The van der Waals surface area contributed by atoms with Gasteiger partial charge in [-0.1, -0.05) is 12.1 Å². The number of rotatable bonds is 4. The van der Waals surface area contributed by atoms with Gasteiger partial charge < -0.3 is 15.7 Å². The molecule has 2 aromatic carbocycles. The van der Waals surface area contributed by atoms with Gasteiger partial charge in [-0.2, -0.15) is 4.31 Å². The number of hydrogen-bond donors (Lipinski definition) is 3. The van der Waals surface area contributed by atoms with E-state index in [2.05, 4.69) is 10.6 Å². The highest BCUT2D eigenvalue weighted by atomic mass is 32.2. The summed E-state index contributed by atoms with van der Waals surface area (Å²) in [5.74, 6) is -0.0690. The van der Waals surface area contributed by atoms with Gasteiger partial charge in [0.1, 0.15) is 5.75 Å². The van der Waals surface area contributed by atoms with Crippen molar-refractivity contribution in [3.05, 3.63) is 47.5 Å². The maximum Gasteiger partial charge on any atom is 0.243 e. The Hall–Kier alpha value is -2.16. The third kappa shape index (κ3) is 4.40. The van der Waals surface area contributed by atoms with Crippen LogP contribution in [-0.4, -0.2) is 36.0 Å². The van der Waals surface area contributed by atoms with Crippen LogP contribution < -0.4 is 10.6 Å². The normalized spacial score (nSPS) is 14.9. The molecule has 8 heteroatoms. The first-order chi connectivity index (χ1) is 12.8. The lowest BCUT2D eigenvalue weighted by Crippen LogP contribution is -2.28. The van der Waals surface area contributed by atoms with E-state index in [-0.39, 0.29) is 21.4 Å². The Balaban J connectivity index is 1.80. The highest BCUT2D eigenvalue weighted by Gasteiger charge is 2.27. The van der Waals surface area contributed by atoms with Crippen LogP contribution in [0.5, 0.6) is 5.75 Å². The van der Waals surface area contributed by atoms with Crippen molar-refractivity contribution < 1.29 is 13.5 Å². The third-order valence-electron chi connectivity index (χ3n) is 4.56. The molecule has 144 valence electrons. The third-order valence-corrected chi connectivity index (χ3v) is 6.66. The van der Waals surface area contributed by atoms with Crippen molar-refractivity contribution in [3.8, 4) is 5.75 Å². The number of benzene rings is 2. The monoisotopic (exact) mass is 405 g/mol. The fourth-order valence-electron chi connectivity index (χ4n) is 3.00. The highest BCUT2D eigenvalue weighted by molar-refractivity contribution is 7.89. The number of hydrogen-bond acceptors (Lipinski definition) is 4. The Bertz CT molecular complexity index is 968. The van der Waals surface area contributed by atoms with Crippen molar-refractivity contribution in [2.24, 2.45) is 0 Å². The first-order valence-electron chi connectivity index (χ1n) is 8.76. The summed E-state index contributed by atoms with van der Waals surface area (Å²) in [5.41, 5.74) is 3.22. The summed E-state index contributed by atoms with van der Waals surface area (Å²) in [5, 5.41) is 16.4. The Morgan fingerprint density at radius 1 is 1.04 bits per heavy atom. The van der Waals surface area contributed by atoms with Gasteiger partial charge in [0.05, 0.1) is 10.6 Å². The summed E-state index contributed by atoms with van der Waals surface area (Å²) >= 11 is 5.33. The molecular formula is C19H23N3O3S2. The van der Waals surface area contributed by atoms with Gasteiger partial charge in [0, 0.05) is 18.8 Å². The van der Waals surface area contributed by atoms with Crippen LogP contribution >= 0.6 is 12.2 Å². The molecule has 1 aliphatic heterocycles. The quantitative estimate of drug-likeness (QED) is 0.533. The van der Waals surface area contributed by atoms with Crippen molar-refractivity contribution in [3.63, 3.8) is 0 Å². The molecule has 2 aromatic rings. The van der Waals surface area contributed by atoms with E-state index in [0.717, 1.165) is 29.7 Å². The molecule has 0 spiro atoms. The summed E-state index contributed by atoms with van der Waals surface area (Å²) in [7, 11) is -3.57. The standard InChI is InChI=1S/C19H23N3O3S2/c1-13-5-6-14(2)16(11-13)20-19(26)21-17-12-15(7-8-18(17)23)27(24,25)22-9-3-4-10-22/h5-8,11-12,23H,3-4,9-10H2,1-2H3,(H2,20,21,26). The molecule has 0 aromatic heterocycles. The smallest absolute Gasteiger partial charge is 0.243 e. The van der Waals surface area contributed by atoms with Crippen molar-refractivity contribution in [2.75, 3.05) is 23.7 Å². The van der Waals surface area contributed by atoms with E-state index >= 15 is 0 Å². The second-order valence-corrected chi connectivity index (χ2v) is 9.03. The molecule has 0 aliphatic carbocycles. The molecule has 0 atom stereocenters. The van der Waals surface area contributed by atoms with E-state index in [1.807, 2.05) is 32.0 Å². The molecule has 3 N–H and O–H groups in total. The number of aryl methyl sites for hydroxylation is 2. The summed E-state index contributed by atoms with van der Waals surface area (Å²) in [6.45, 7) is 5.00. The second-order valence-electron chi connectivity index (χ2n) is 6.69. The molecule has 0 amide bonds. The van der Waals surface area contributed by atoms with Gasteiger partial charge in [-0.25, -0.2) is 8.42 Å². The van der Waals surface area contributed by atoms with Crippen LogP contribution in [-0.2, 0) is 10.0 Å². The fraction of sp³-hybridized carbons (Fsp3) is 0.316. The maximum absolute atomic E-state index is 12.7. The largest absolute Gasteiger partial charge is 0.506 e. The summed E-state index contributed by atoms with van der Waals surface area (Å²) in [4.78, 5) is 0.138. The van der Waals surface area contributed by atoms with Crippen LogP contribution in [0.2, 0.25) is 0 Å². The van der Waals surface area contributed by atoms with Crippen LogP contribution in [0.3, 0.4) is 0 Å². The van der Waals surface area contributed by atoms with Gasteiger partial charge in [-0.15, -0.1) is 0 Å². The number of thiocarbonyl (C=S) groups is 1. The molecule has 1 heterocycles. The number of phenolic OH excluding ortho intramolecular Hbond substituents is 1. The van der Waals surface area contributed by atoms with Crippen LogP contribution in [0, 0.1) is 13.8 Å². The summed E-state index contributed by atoms with van der Waals surface area (Å²) < 4.78 is 26.9. The molecular weight excluding hydrogens is 382 g/mol. The Kier molecular flexibility index (Phi) is 5.69. The van der Waals surface area contributed by atoms with E-state index in [9.17, 15) is 13.5 Å². The molecule has 0 bridgehead atoms.